The summed E-state index contributed by atoms with van der Waals surface area (Å²) in [6.07, 6.45) is 7.12. The Morgan fingerprint density at radius 1 is 1.13 bits per heavy atom. The molecular formula is C23H28Cl2N4O2. The summed E-state index contributed by atoms with van der Waals surface area (Å²) < 4.78 is 5.49. The predicted octanol–water partition coefficient (Wildman–Crippen LogP) is 6.32. The lowest BCUT2D eigenvalue weighted by Crippen LogP contribution is -2.39. The topological polar surface area (TPSA) is 67.3 Å². The molecule has 0 bridgehead atoms. The first kappa shape index (κ1) is 22.2. The van der Waals surface area contributed by atoms with Gasteiger partial charge in [-0.05, 0) is 57.7 Å². The average Bonchev–Trinajstić information content (AvgIpc) is 3.21. The van der Waals surface area contributed by atoms with E-state index in [0.717, 1.165) is 40.7 Å². The minimum atomic E-state index is -0.513. The van der Waals surface area contributed by atoms with E-state index in [1.165, 1.54) is 12.8 Å². The van der Waals surface area contributed by atoms with E-state index < -0.39 is 5.60 Å². The number of anilines is 1. The van der Waals surface area contributed by atoms with Crippen molar-refractivity contribution in [3.05, 3.63) is 33.9 Å². The van der Waals surface area contributed by atoms with Crippen LogP contribution < -0.4 is 5.32 Å². The molecule has 166 valence electrons. The van der Waals surface area contributed by atoms with E-state index in [2.05, 4.69) is 15.5 Å². The molecule has 0 unspecified atom stereocenters. The fourth-order valence-corrected chi connectivity index (χ4v) is 4.46. The first-order chi connectivity index (χ1) is 14.7. The van der Waals surface area contributed by atoms with Crippen LogP contribution >= 0.6 is 23.2 Å². The number of nitrogens with zero attached hydrogens (tertiary/aromatic N) is 3. The number of benzene rings is 1. The lowest BCUT2D eigenvalue weighted by atomic mass is 9.99. The molecule has 0 atom stereocenters. The molecular weight excluding hydrogens is 435 g/mol. The third-order valence-corrected chi connectivity index (χ3v) is 6.40. The second-order valence-corrected chi connectivity index (χ2v) is 10.1. The first-order valence-electron chi connectivity index (χ1n) is 10.8. The summed E-state index contributed by atoms with van der Waals surface area (Å²) in [6.45, 7) is 6.64. The van der Waals surface area contributed by atoms with Crippen LogP contribution in [-0.4, -0.2) is 45.9 Å². The standard InChI is InChI=1S/C23H28Cl2N4O2/c1-23(2,3)31-22(30)29-10-8-14(9-11-29)20-16-12-18(24)19(25)13-17(16)21(28-27-20)26-15-6-4-5-7-15/h8,12-13,15H,4-7,9-11H2,1-3H3,(H,26,28). The number of hydrogen-bond donors (Lipinski definition) is 1. The van der Waals surface area contributed by atoms with Gasteiger partial charge in [0.15, 0.2) is 5.82 Å². The highest BCUT2D eigenvalue weighted by Crippen LogP contribution is 2.36. The van der Waals surface area contributed by atoms with Gasteiger partial charge in [0.2, 0.25) is 0 Å². The van der Waals surface area contributed by atoms with Gasteiger partial charge in [0, 0.05) is 29.9 Å². The number of amides is 1. The fraction of sp³-hybridized carbons (Fsp3) is 0.522. The molecule has 2 aromatic rings. The Balaban J connectivity index is 1.63. The molecule has 31 heavy (non-hydrogen) atoms. The van der Waals surface area contributed by atoms with E-state index in [-0.39, 0.29) is 6.09 Å². The number of carbonyl (C=O) groups is 1. The van der Waals surface area contributed by atoms with Crippen molar-refractivity contribution in [2.24, 2.45) is 0 Å². The maximum Gasteiger partial charge on any atom is 0.410 e. The van der Waals surface area contributed by atoms with Crippen LogP contribution in [0.4, 0.5) is 10.6 Å². The molecule has 1 N–H and O–H groups in total. The van der Waals surface area contributed by atoms with Crippen LogP contribution in [0.5, 0.6) is 0 Å². The van der Waals surface area contributed by atoms with E-state index >= 15 is 0 Å². The summed E-state index contributed by atoms with van der Waals surface area (Å²) in [5, 5.41) is 15.4. The van der Waals surface area contributed by atoms with Gasteiger partial charge in [-0.2, -0.15) is 0 Å². The quantitative estimate of drug-likeness (QED) is 0.577. The Morgan fingerprint density at radius 2 is 1.81 bits per heavy atom. The Labute approximate surface area is 192 Å². The van der Waals surface area contributed by atoms with Crippen molar-refractivity contribution in [1.29, 1.82) is 0 Å². The van der Waals surface area contributed by atoms with Crippen molar-refractivity contribution < 1.29 is 9.53 Å². The zero-order valence-corrected chi connectivity index (χ0v) is 19.7. The van der Waals surface area contributed by atoms with Gasteiger partial charge < -0.3 is 15.0 Å². The van der Waals surface area contributed by atoms with Crippen molar-refractivity contribution in [2.45, 2.75) is 64.5 Å². The van der Waals surface area contributed by atoms with Gasteiger partial charge >= 0.3 is 6.09 Å². The highest BCUT2D eigenvalue weighted by molar-refractivity contribution is 6.43. The van der Waals surface area contributed by atoms with Crippen molar-refractivity contribution >= 4 is 51.5 Å². The van der Waals surface area contributed by atoms with Crippen molar-refractivity contribution in [3.63, 3.8) is 0 Å². The monoisotopic (exact) mass is 462 g/mol. The molecule has 1 saturated carbocycles. The molecule has 6 nitrogen and oxygen atoms in total. The number of ether oxygens (including phenoxy) is 1. The molecule has 1 aliphatic heterocycles. The van der Waals surface area contributed by atoms with Gasteiger partial charge in [0.1, 0.15) is 5.60 Å². The van der Waals surface area contributed by atoms with E-state index in [1.807, 2.05) is 39.0 Å². The van der Waals surface area contributed by atoms with E-state index in [0.29, 0.717) is 35.6 Å². The van der Waals surface area contributed by atoms with Crippen molar-refractivity contribution in [1.82, 2.24) is 15.1 Å². The van der Waals surface area contributed by atoms with E-state index in [9.17, 15) is 4.79 Å². The number of fused-ring (bicyclic) bond motifs is 1. The molecule has 0 radical (unpaired) electrons. The van der Waals surface area contributed by atoms with Crippen LogP contribution in [0.25, 0.3) is 16.3 Å². The van der Waals surface area contributed by atoms with Crippen LogP contribution in [0.3, 0.4) is 0 Å². The minimum absolute atomic E-state index is 0.301. The number of nitrogens with one attached hydrogen (secondary N) is 1. The predicted molar refractivity (Wildman–Crippen MR) is 126 cm³/mol. The Bertz CT molecular complexity index is 1030. The maximum absolute atomic E-state index is 12.4. The number of hydrogen-bond acceptors (Lipinski definition) is 5. The number of carbonyl (C=O) groups excluding carboxylic acids is 1. The smallest absolute Gasteiger partial charge is 0.410 e. The SMILES string of the molecule is CC(C)(C)OC(=O)N1CC=C(c2nnc(NC3CCCC3)c3cc(Cl)c(Cl)cc23)CC1. The molecule has 8 heteroatoms. The molecule has 1 fully saturated rings. The lowest BCUT2D eigenvalue weighted by molar-refractivity contribution is 0.0270. The lowest BCUT2D eigenvalue weighted by Gasteiger charge is -2.29. The Kier molecular flexibility index (Phi) is 6.31. The summed E-state index contributed by atoms with van der Waals surface area (Å²) >= 11 is 12.7. The maximum atomic E-state index is 12.4. The van der Waals surface area contributed by atoms with Crippen LogP contribution in [0.2, 0.25) is 10.0 Å². The average molecular weight is 463 g/mol. The second kappa shape index (κ2) is 8.83. The number of halogens is 2. The summed E-state index contributed by atoms with van der Waals surface area (Å²) in [4.78, 5) is 14.1. The molecule has 2 aliphatic rings. The molecule has 1 amide bonds. The molecule has 2 heterocycles. The number of rotatable bonds is 3. The molecule has 0 spiro atoms. The summed E-state index contributed by atoms with van der Waals surface area (Å²) in [6, 6.07) is 4.14. The third kappa shape index (κ3) is 5.07. The second-order valence-electron chi connectivity index (χ2n) is 9.24. The third-order valence-electron chi connectivity index (χ3n) is 5.68. The first-order valence-corrected chi connectivity index (χ1v) is 11.6. The largest absolute Gasteiger partial charge is 0.444 e. The van der Waals surface area contributed by atoms with E-state index in [4.69, 9.17) is 27.9 Å². The summed E-state index contributed by atoms with van der Waals surface area (Å²) in [5.74, 6) is 0.746. The van der Waals surface area contributed by atoms with Crippen LogP contribution in [0.1, 0.15) is 58.6 Å². The summed E-state index contributed by atoms with van der Waals surface area (Å²) in [5.41, 5.74) is 1.32. The van der Waals surface area contributed by atoms with Gasteiger partial charge in [0.25, 0.3) is 0 Å². The fourth-order valence-electron chi connectivity index (χ4n) is 4.13. The highest BCUT2D eigenvalue weighted by Gasteiger charge is 2.26. The van der Waals surface area contributed by atoms with Crippen molar-refractivity contribution in [2.75, 3.05) is 18.4 Å². The molecule has 1 aromatic carbocycles. The Morgan fingerprint density at radius 3 is 2.42 bits per heavy atom. The van der Waals surface area contributed by atoms with Crippen LogP contribution in [0, 0.1) is 0 Å². The van der Waals surface area contributed by atoms with Gasteiger partial charge in [-0.1, -0.05) is 42.1 Å². The Hall–Kier alpha value is -2.05. The molecule has 1 aliphatic carbocycles. The zero-order chi connectivity index (χ0) is 22.2. The van der Waals surface area contributed by atoms with Crippen molar-refractivity contribution in [3.8, 4) is 0 Å². The van der Waals surface area contributed by atoms with Crippen LogP contribution in [-0.2, 0) is 4.74 Å². The molecule has 0 saturated heterocycles. The van der Waals surface area contributed by atoms with Gasteiger partial charge in [-0.15, -0.1) is 10.2 Å². The van der Waals surface area contributed by atoms with Gasteiger partial charge in [-0.25, -0.2) is 4.79 Å². The zero-order valence-electron chi connectivity index (χ0n) is 18.2. The number of aromatic nitrogens is 2. The highest BCUT2D eigenvalue weighted by atomic mass is 35.5. The minimum Gasteiger partial charge on any atom is -0.444 e. The van der Waals surface area contributed by atoms with Gasteiger partial charge in [-0.3, -0.25) is 0 Å². The molecule has 4 rings (SSSR count). The summed E-state index contributed by atoms with van der Waals surface area (Å²) in [7, 11) is 0. The van der Waals surface area contributed by atoms with Gasteiger partial charge in [0.05, 0.1) is 15.7 Å². The molecule has 1 aromatic heterocycles. The van der Waals surface area contributed by atoms with Crippen LogP contribution in [0.15, 0.2) is 18.2 Å². The van der Waals surface area contributed by atoms with E-state index in [1.54, 1.807) is 4.90 Å². The normalized spacial score (nSPS) is 17.7.